The molecule has 1 saturated carbocycles. The van der Waals surface area contributed by atoms with E-state index in [1.165, 1.54) is 25.7 Å². The molecule has 0 aromatic rings. The molecule has 1 N–H and O–H groups in total. The van der Waals surface area contributed by atoms with E-state index in [1.807, 2.05) is 0 Å². The van der Waals surface area contributed by atoms with Crippen molar-refractivity contribution in [2.45, 2.75) is 44.8 Å². The molecular weight excluding hydrogens is 200 g/mol. The predicted octanol–water partition coefficient (Wildman–Crippen LogP) is 1.49. The van der Waals surface area contributed by atoms with Gasteiger partial charge in [-0.3, -0.25) is 0 Å². The number of hydrogen-bond donors (Lipinski definition) is 1. The van der Waals surface area contributed by atoms with Crippen LogP contribution in [-0.2, 0) is 4.74 Å². The molecular formula is C13H26N2O. The number of nitrogens with one attached hydrogen (secondary N) is 1. The highest BCUT2D eigenvalue weighted by Gasteiger charge is 2.23. The maximum absolute atomic E-state index is 5.76. The first-order valence-electron chi connectivity index (χ1n) is 6.79. The van der Waals surface area contributed by atoms with E-state index < -0.39 is 0 Å². The van der Waals surface area contributed by atoms with Crippen LogP contribution in [0, 0.1) is 5.92 Å². The van der Waals surface area contributed by atoms with Crippen molar-refractivity contribution in [1.29, 1.82) is 0 Å². The Labute approximate surface area is 99.5 Å². The third-order valence-corrected chi connectivity index (χ3v) is 4.12. The van der Waals surface area contributed by atoms with Gasteiger partial charge in [0.2, 0.25) is 0 Å². The molecule has 0 bridgehead atoms. The lowest BCUT2D eigenvalue weighted by Gasteiger charge is -2.31. The van der Waals surface area contributed by atoms with Crippen molar-refractivity contribution in [3.05, 3.63) is 0 Å². The molecule has 2 atom stereocenters. The molecule has 1 heterocycles. The number of morpholine rings is 1. The average molecular weight is 226 g/mol. The average Bonchev–Trinajstić information content (AvgIpc) is 2.79. The van der Waals surface area contributed by atoms with Gasteiger partial charge in [0.25, 0.3) is 0 Å². The van der Waals surface area contributed by atoms with E-state index in [1.54, 1.807) is 0 Å². The molecule has 2 rings (SSSR count). The van der Waals surface area contributed by atoms with Crippen LogP contribution in [0.5, 0.6) is 0 Å². The number of likely N-dealkylation sites (N-methyl/N-ethyl adjacent to an activating group) is 1. The molecule has 1 aliphatic heterocycles. The van der Waals surface area contributed by atoms with Gasteiger partial charge in [0.05, 0.1) is 12.7 Å². The molecule has 94 valence electrons. The smallest absolute Gasteiger partial charge is 0.0826 e. The van der Waals surface area contributed by atoms with Crippen LogP contribution in [0.25, 0.3) is 0 Å². The van der Waals surface area contributed by atoms with Crippen LogP contribution in [-0.4, -0.2) is 50.3 Å². The van der Waals surface area contributed by atoms with Gasteiger partial charge in [-0.2, -0.15) is 0 Å². The topological polar surface area (TPSA) is 24.5 Å². The highest BCUT2D eigenvalue weighted by atomic mass is 16.5. The molecule has 0 aromatic heterocycles. The fourth-order valence-corrected chi connectivity index (χ4v) is 2.93. The quantitative estimate of drug-likeness (QED) is 0.786. The lowest BCUT2D eigenvalue weighted by Crippen LogP contribution is -2.47. The van der Waals surface area contributed by atoms with Crippen LogP contribution < -0.4 is 5.32 Å². The lowest BCUT2D eigenvalue weighted by molar-refractivity contribution is -0.0197. The Kier molecular flexibility index (Phi) is 4.62. The van der Waals surface area contributed by atoms with E-state index in [9.17, 15) is 0 Å². The summed E-state index contributed by atoms with van der Waals surface area (Å²) in [6, 6.07) is 0.665. The Morgan fingerprint density at radius 3 is 2.81 bits per heavy atom. The van der Waals surface area contributed by atoms with Crippen LogP contribution in [0.1, 0.15) is 32.6 Å². The zero-order valence-corrected chi connectivity index (χ0v) is 10.7. The van der Waals surface area contributed by atoms with Gasteiger partial charge in [0, 0.05) is 25.7 Å². The van der Waals surface area contributed by atoms with E-state index in [0.29, 0.717) is 12.1 Å². The standard InChI is InChI=1S/C13H26N2O/c1-11(12-5-3-4-6-12)14-9-13-10-15(2)7-8-16-13/h11-14H,3-10H2,1-2H3/t11-,13?/m0/s1. The van der Waals surface area contributed by atoms with Gasteiger partial charge in [-0.25, -0.2) is 0 Å². The van der Waals surface area contributed by atoms with Gasteiger partial charge < -0.3 is 15.0 Å². The summed E-state index contributed by atoms with van der Waals surface area (Å²) in [5.74, 6) is 0.904. The Hall–Kier alpha value is -0.120. The molecule has 1 aliphatic carbocycles. The van der Waals surface area contributed by atoms with E-state index >= 15 is 0 Å². The number of ether oxygens (including phenoxy) is 1. The number of hydrogen-bond acceptors (Lipinski definition) is 3. The highest BCUT2D eigenvalue weighted by Crippen LogP contribution is 2.27. The summed E-state index contributed by atoms with van der Waals surface area (Å²) < 4.78 is 5.76. The normalized spacial score (nSPS) is 30.8. The van der Waals surface area contributed by atoms with Crippen LogP contribution in [0.3, 0.4) is 0 Å². The second-order valence-corrected chi connectivity index (χ2v) is 5.50. The van der Waals surface area contributed by atoms with Crippen LogP contribution >= 0.6 is 0 Å². The van der Waals surface area contributed by atoms with E-state index in [0.717, 1.165) is 32.2 Å². The Bertz CT molecular complexity index is 202. The molecule has 0 amide bonds. The fraction of sp³-hybridized carbons (Fsp3) is 1.00. The maximum atomic E-state index is 5.76. The van der Waals surface area contributed by atoms with Gasteiger partial charge in [-0.05, 0) is 32.7 Å². The van der Waals surface area contributed by atoms with Crippen LogP contribution in [0.15, 0.2) is 0 Å². The molecule has 2 fully saturated rings. The van der Waals surface area contributed by atoms with E-state index in [4.69, 9.17) is 4.74 Å². The number of nitrogens with zero attached hydrogens (tertiary/aromatic N) is 1. The van der Waals surface area contributed by atoms with Crippen molar-refractivity contribution in [1.82, 2.24) is 10.2 Å². The summed E-state index contributed by atoms with van der Waals surface area (Å²) in [6.45, 7) is 6.39. The molecule has 1 saturated heterocycles. The second kappa shape index (κ2) is 5.99. The first-order valence-corrected chi connectivity index (χ1v) is 6.79. The maximum Gasteiger partial charge on any atom is 0.0826 e. The largest absolute Gasteiger partial charge is 0.374 e. The van der Waals surface area contributed by atoms with Crippen molar-refractivity contribution < 1.29 is 4.74 Å². The van der Waals surface area contributed by atoms with Crippen molar-refractivity contribution >= 4 is 0 Å². The minimum Gasteiger partial charge on any atom is -0.374 e. The minimum atomic E-state index is 0.391. The fourth-order valence-electron chi connectivity index (χ4n) is 2.93. The molecule has 16 heavy (non-hydrogen) atoms. The summed E-state index contributed by atoms with van der Waals surface area (Å²) >= 11 is 0. The highest BCUT2D eigenvalue weighted by molar-refractivity contribution is 4.79. The van der Waals surface area contributed by atoms with E-state index in [-0.39, 0.29) is 0 Å². The van der Waals surface area contributed by atoms with Crippen molar-refractivity contribution in [2.24, 2.45) is 5.92 Å². The zero-order chi connectivity index (χ0) is 11.4. The monoisotopic (exact) mass is 226 g/mol. The Balaban J connectivity index is 1.65. The molecule has 3 nitrogen and oxygen atoms in total. The lowest BCUT2D eigenvalue weighted by atomic mass is 10.00. The van der Waals surface area contributed by atoms with Gasteiger partial charge >= 0.3 is 0 Å². The van der Waals surface area contributed by atoms with Gasteiger partial charge in [0.1, 0.15) is 0 Å². The molecule has 0 spiro atoms. The Morgan fingerprint density at radius 1 is 1.38 bits per heavy atom. The third kappa shape index (κ3) is 3.44. The molecule has 0 radical (unpaired) electrons. The third-order valence-electron chi connectivity index (χ3n) is 4.12. The van der Waals surface area contributed by atoms with Crippen LogP contribution in [0.2, 0.25) is 0 Å². The first-order chi connectivity index (χ1) is 7.75. The summed E-state index contributed by atoms with van der Waals surface area (Å²) in [5.41, 5.74) is 0. The van der Waals surface area contributed by atoms with Crippen molar-refractivity contribution in [2.75, 3.05) is 33.3 Å². The summed E-state index contributed by atoms with van der Waals surface area (Å²) in [4.78, 5) is 2.36. The predicted molar refractivity (Wildman–Crippen MR) is 66.7 cm³/mol. The Morgan fingerprint density at radius 2 is 2.12 bits per heavy atom. The second-order valence-electron chi connectivity index (χ2n) is 5.50. The zero-order valence-electron chi connectivity index (χ0n) is 10.7. The first kappa shape index (κ1) is 12.3. The summed E-state index contributed by atoms with van der Waals surface area (Å²) in [6.07, 6.45) is 6.08. The minimum absolute atomic E-state index is 0.391. The van der Waals surface area contributed by atoms with Crippen molar-refractivity contribution in [3.63, 3.8) is 0 Å². The van der Waals surface area contributed by atoms with Crippen LogP contribution in [0.4, 0.5) is 0 Å². The molecule has 2 aliphatic rings. The van der Waals surface area contributed by atoms with Gasteiger partial charge in [0.15, 0.2) is 0 Å². The van der Waals surface area contributed by atoms with Crippen molar-refractivity contribution in [3.8, 4) is 0 Å². The van der Waals surface area contributed by atoms with Gasteiger partial charge in [-0.15, -0.1) is 0 Å². The summed E-state index contributed by atoms with van der Waals surface area (Å²) in [7, 11) is 2.18. The SMILES string of the molecule is C[C@H](NCC1CN(C)CCO1)C1CCCC1. The molecule has 3 heteroatoms. The van der Waals surface area contributed by atoms with Gasteiger partial charge in [-0.1, -0.05) is 12.8 Å². The summed E-state index contributed by atoms with van der Waals surface area (Å²) in [5, 5.41) is 3.66. The molecule has 1 unspecified atom stereocenters. The number of rotatable bonds is 4. The molecule has 0 aromatic carbocycles. The van der Waals surface area contributed by atoms with E-state index in [2.05, 4.69) is 24.2 Å².